The molecule has 0 aliphatic rings. The van der Waals surface area contributed by atoms with Crippen LogP contribution < -0.4 is 5.56 Å². The van der Waals surface area contributed by atoms with E-state index in [9.17, 15) is 10.0 Å². The van der Waals surface area contributed by atoms with Crippen molar-refractivity contribution in [3.05, 3.63) is 97.9 Å². The molecule has 1 N–H and O–H groups in total. The average Bonchev–Trinajstić information content (AvgIpc) is 2.67. The molecule has 0 radical (unpaired) electrons. The molecule has 0 aliphatic heterocycles. The summed E-state index contributed by atoms with van der Waals surface area (Å²) in [5.74, 6) is -0.0527. The first-order valence-corrected chi connectivity index (χ1v) is 9.35. The molecule has 0 aliphatic carbocycles. The van der Waals surface area contributed by atoms with Crippen molar-refractivity contribution < 1.29 is 5.21 Å². The molecule has 0 saturated heterocycles. The number of aromatic nitrogens is 2. The minimum atomic E-state index is -0.287. The van der Waals surface area contributed by atoms with Gasteiger partial charge in [-0.15, -0.1) is 0 Å². The topological polar surface area (TPSA) is 67.5 Å². The smallest absolute Gasteiger partial charge is 0.275 e. The van der Waals surface area contributed by atoms with Crippen molar-refractivity contribution in [2.24, 2.45) is 12.2 Å². The van der Waals surface area contributed by atoms with Crippen molar-refractivity contribution >= 4 is 21.6 Å². The van der Waals surface area contributed by atoms with Gasteiger partial charge in [-0.3, -0.25) is 4.79 Å². The third-order valence-corrected chi connectivity index (χ3v) is 5.20. The summed E-state index contributed by atoms with van der Waals surface area (Å²) in [5, 5.41) is 17.1. The van der Waals surface area contributed by atoms with Crippen molar-refractivity contribution in [2.75, 3.05) is 0 Å². The third kappa shape index (κ3) is 4.17. The number of oxime groups is 1. The van der Waals surface area contributed by atoms with Gasteiger partial charge in [-0.2, -0.15) is 5.10 Å². The Bertz CT molecular complexity index is 1030. The Hall–Kier alpha value is -2.73. The number of halogens is 1. The second kappa shape index (κ2) is 8.31. The summed E-state index contributed by atoms with van der Waals surface area (Å²) in [6, 6.07) is 17.8. The molecule has 3 rings (SSSR count). The zero-order valence-electron chi connectivity index (χ0n) is 15.1. The normalized spacial score (nSPS) is 12.8. The zero-order chi connectivity index (χ0) is 19.4. The third-order valence-electron chi connectivity index (χ3n) is 4.67. The number of nitrogens with zero attached hydrogens (tertiary/aromatic N) is 3. The van der Waals surface area contributed by atoms with E-state index in [2.05, 4.69) is 45.2 Å². The highest BCUT2D eigenvalue weighted by atomic mass is 79.9. The number of hydrogen-bond acceptors (Lipinski definition) is 4. The Morgan fingerprint density at radius 1 is 1.19 bits per heavy atom. The molecule has 0 spiro atoms. The summed E-state index contributed by atoms with van der Waals surface area (Å²) in [5.41, 5.74) is 3.77. The van der Waals surface area contributed by atoms with E-state index < -0.39 is 0 Å². The highest BCUT2D eigenvalue weighted by molar-refractivity contribution is 9.10. The Kier molecular flexibility index (Phi) is 5.86. The Morgan fingerprint density at radius 3 is 2.56 bits per heavy atom. The Morgan fingerprint density at radius 2 is 1.89 bits per heavy atom. The molecule has 0 amide bonds. The summed E-state index contributed by atoms with van der Waals surface area (Å²) in [6.45, 7) is 2.06. The lowest BCUT2D eigenvalue weighted by Crippen LogP contribution is -2.27. The maximum Gasteiger partial charge on any atom is 0.275 e. The second-order valence-electron chi connectivity index (χ2n) is 6.39. The summed E-state index contributed by atoms with van der Waals surface area (Å²) < 4.78 is 2.23. The minimum Gasteiger partial charge on any atom is -0.411 e. The molecule has 0 saturated carbocycles. The first-order chi connectivity index (χ1) is 13.0. The van der Waals surface area contributed by atoms with Crippen LogP contribution >= 0.6 is 15.9 Å². The van der Waals surface area contributed by atoms with Crippen molar-refractivity contribution in [3.8, 4) is 0 Å². The molecule has 27 heavy (non-hydrogen) atoms. The predicted molar refractivity (Wildman–Crippen MR) is 110 cm³/mol. The van der Waals surface area contributed by atoms with Crippen LogP contribution in [0.2, 0.25) is 0 Å². The van der Waals surface area contributed by atoms with Crippen LogP contribution in [-0.4, -0.2) is 20.7 Å². The molecule has 0 fully saturated rings. The van der Waals surface area contributed by atoms with Crippen LogP contribution in [0.3, 0.4) is 0 Å². The van der Waals surface area contributed by atoms with E-state index in [1.807, 2.05) is 36.4 Å². The molecule has 6 heteroatoms. The lowest BCUT2D eigenvalue weighted by atomic mass is 9.83. The van der Waals surface area contributed by atoms with Gasteiger partial charge >= 0.3 is 0 Å². The van der Waals surface area contributed by atoms with E-state index in [1.165, 1.54) is 10.9 Å². The van der Waals surface area contributed by atoms with Gasteiger partial charge in [0, 0.05) is 30.1 Å². The minimum absolute atomic E-state index is 0.0527. The van der Waals surface area contributed by atoms with Gasteiger partial charge in [-0.05, 0) is 41.8 Å². The summed E-state index contributed by atoms with van der Waals surface area (Å²) in [7, 11) is 1.58. The predicted octanol–water partition coefficient (Wildman–Crippen LogP) is 4.25. The summed E-state index contributed by atoms with van der Waals surface area (Å²) in [6.07, 6.45) is 1.92. The van der Waals surface area contributed by atoms with Crippen LogP contribution in [0.5, 0.6) is 0 Å². The molecule has 0 bridgehead atoms. The van der Waals surface area contributed by atoms with Gasteiger partial charge < -0.3 is 5.21 Å². The zero-order valence-corrected chi connectivity index (χ0v) is 16.7. The van der Waals surface area contributed by atoms with Crippen molar-refractivity contribution in [1.29, 1.82) is 0 Å². The maximum atomic E-state index is 12.4. The van der Waals surface area contributed by atoms with E-state index >= 15 is 0 Å². The van der Waals surface area contributed by atoms with E-state index in [4.69, 9.17) is 0 Å². The fraction of sp³-hybridized carbons (Fsp3) is 0.190. The number of rotatable bonds is 5. The number of hydrogen-bond donors (Lipinski definition) is 1. The fourth-order valence-electron chi connectivity index (χ4n) is 3.20. The Balaban J connectivity index is 2.08. The van der Waals surface area contributed by atoms with Gasteiger partial charge in [0.15, 0.2) is 0 Å². The lowest BCUT2D eigenvalue weighted by Gasteiger charge is -2.21. The van der Waals surface area contributed by atoms with Crippen LogP contribution in [0.1, 0.15) is 34.6 Å². The first-order valence-electron chi connectivity index (χ1n) is 8.56. The van der Waals surface area contributed by atoms with Gasteiger partial charge in [0.25, 0.3) is 5.56 Å². The monoisotopic (exact) mass is 425 g/mol. The van der Waals surface area contributed by atoms with Gasteiger partial charge in [0.2, 0.25) is 0 Å². The molecule has 1 unspecified atom stereocenters. The van der Waals surface area contributed by atoms with Crippen LogP contribution in [0, 0.1) is 6.92 Å². The molecule has 1 heterocycles. The number of aryl methyl sites for hydroxylation is 2. The van der Waals surface area contributed by atoms with E-state index in [0.717, 1.165) is 21.2 Å². The van der Waals surface area contributed by atoms with Crippen LogP contribution in [0.25, 0.3) is 0 Å². The highest BCUT2D eigenvalue weighted by Gasteiger charge is 2.22. The second-order valence-corrected chi connectivity index (χ2v) is 7.30. The maximum absolute atomic E-state index is 12.4. The van der Waals surface area contributed by atoms with Gasteiger partial charge in [-0.25, -0.2) is 4.68 Å². The first kappa shape index (κ1) is 19.0. The standard InChI is InChI=1S/C21H20BrN3O2/c1-14-5-3-4-6-17(14)19(15-7-9-16(22)10-8-15)13-20(24-27)18-11-12-23-25(2)21(18)26/h3-12,19,27H,13H2,1-2H3. The van der Waals surface area contributed by atoms with E-state index in [1.54, 1.807) is 13.1 Å². The highest BCUT2D eigenvalue weighted by Crippen LogP contribution is 2.32. The van der Waals surface area contributed by atoms with Crippen molar-refractivity contribution in [2.45, 2.75) is 19.3 Å². The average molecular weight is 426 g/mol. The largest absolute Gasteiger partial charge is 0.411 e. The van der Waals surface area contributed by atoms with E-state index in [0.29, 0.717) is 17.7 Å². The fourth-order valence-corrected chi connectivity index (χ4v) is 3.47. The quantitative estimate of drug-likeness (QED) is 0.377. The van der Waals surface area contributed by atoms with Crippen molar-refractivity contribution in [3.63, 3.8) is 0 Å². The molecule has 1 aromatic heterocycles. The molecule has 1 atom stereocenters. The van der Waals surface area contributed by atoms with Gasteiger partial charge in [0.1, 0.15) is 0 Å². The van der Waals surface area contributed by atoms with Crippen LogP contribution in [-0.2, 0) is 7.05 Å². The summed E-state index contributed by atoms with van der Waals surface area (Å²) >= 11 is 3.47. The molecular weight excluding hydrogens is 406 g/mol. The van der Waals surface area contributed by atoms with Gasteiger partial charge in [-0.1, -0.05) is 57.5 Å². The molecule has 3 aromatic rings. The molecule has 138 valence electrons. The van der Waals surface area contributed by atoms with E-state index in [-0.39, 0.29) is 11.5 Å². The molecule has 2 aromatic carbocycles. The molecular formula is C21H20BrN3O2. The van der Waals surface area contributed by atoms with Crippen LogP contribution in [0.15, 0.2) is 75.2 Å². The Labute approximate surface area is 166 Å². The molecule has 5 nitrogen and oxygen atoms in total. The van der Waals surface area contributed by atoms with Crippen molar-refractivity contribution in [1.82, 2.24) is 9.78 Å². The lowest BCUT2D eigenvalue weighted by molar-refractivity contribution is 0.317. The SMILES string of the molecule is Cc1ccccc1C(CC(=NO)c1ccnn(C)c1=O)c1ccc(Br)cc1. The number of benzene rings is 2. The van der Waals surface area contributed by atoms with Crippen LogP contribution in [0.4, 0.5) is 0 Å². The van der Waals surface area contributed by atoms with Gasteiger partial charge in [0.05, 0.1) is 11.3 Å². The summed E-state index contributed by atoms with van der Waals surface area (Å²) in [4.78, 5) is 12.4.